The molecule has 0 radical (unpaired) electrons. The summed E-state index contributed by atoms with van der Waals surface area (Å²) in [7, 11) is 0. The number of aromatic amines is 1. The van der Waals surface area contributed by atoms with Crippen LogP contribution < -0.4 is 0 Å². The Balaban J connectivity index is 2.54. The summed E-state index contributed by atoms with van der Waals surface area (Å²) >= 11 is 0. The topological polar surface area (TPSA) is 32.9 Å². The van der Waals surface area contributed by atoms with E-state index in [0.29, 0.717) is 0 Å². The van der Waals surface area contributed by atoms with Crippen molar-refractivity contribution in [1.82, 2.24) is 4.98 Å². The second-order valence-corrected chi connectivity index (χ2v) is 3.71. The third-order valence-electron chi connectivity index (χ3n) is 2.45. The van der Waals surface area contributed by atoms with Gasteiger partial charge in [0, 0.05) is 23.5 Å². The minimum Gasteiger partial charge on any atom is -0.366 e. The molecule has 15 heavy (non-hydrogen) atoms. The van der Waals surface area contributed by atoms with Crippen LogP contribution in [0.25, 0.3) is 11.1 Å². The monoisotopic (exact) mass is 199 g/mol. The number of carbonyl (C=O) groups excluding carboxylic acids is 1. The van der Waals surface area contributed by atoms with E-state index in [2.05, 4.69) is 11.1 Å². The average molecular weight is 199 g/mol. The molecule has 76 valence electrons. The lowest BCUT2D eigenvalue weighted by atomic mass is 10.0. The number of aryl methyl sites for hydroxylation is 1. The number of nitrogens with one attached hydrogen (secondary N) is 1. The molecule has 1 N–H and O–H groups in total. The average Bonchev–Trinajstić information content (AvgIpc) is 2.65. The van der Waals surface area contributed by atoms with Crippen LogP contribution in [0.5, 0.6) is 0 Å². The van der Waals surface area contributed by atoms with Gasteiger partial charge in [-0.2, -0.15) is 0 Å². The van der Waals surface area contributed by atoms with E-state index in [-0.39, 0.29) is 5.78 Å². The van der Waals surface area contributed by atoms with Crippen molar-refractivity contribution in [2.75, 3.05) is 0 Å². The highest BCUT2D eigenvalue weighted by Gasteiger charge is 2.09. The van der Waals surface area contributed by atoms with Gasteiger partial charge in [-0.05, 0) is 19.4 Å². The summed E-state index contributed by atoms with van der Waals surface area (Å²) in [5.74, 6) is 0.0905. The van der Waals surface area contributed by atoms with Crippen molar-refractivity contribution in [3.63, 3.8) is 0 Å². The lowest BCUT2D eigenvalue weighted by Gasteiger charge is -2.02. The van der Waals surface area contributed by atoms with E-state index < -0.39 is 0 Å². The largest absolute Gasteiger partial charge is 0.366 e. The molecule has 1 aromatic heterocycles. The predicted molar refractivity (Wildman–Crippen MR) is 61.0 cm³/mol. The van der Waals surface area contributed by atoms with E-state index in [4.69, 9.17) is 0 Å². The highest BCUT2D eigenvalue weighted by atomic mass is 16.1. The van der Waals surface area contributed by atoms with Gasteiger partial charge < -0.3 is 4.98 Å². The summed E-state index contributed by atoms with van der Waals surface area (Å²) in [6.07, 6.45) is 3.62. The SMILES string of the molecule is CC(=O)c1c[nH]cc1-c1cccc(C)c1. The van der Waals surface area contributed by atoms with E-state index in [1.54, 1.807) is 13.1 Å². The Morgan fingerprint density at radius 1 is 1.27 bits per heavy atom. The minimum absolute atomic E-state index is 0.0905. The van der Waals surface area contributed by atoms with Gasteiger partial charge in [-0.3, -0.25) is 4.79 Å². The molecule has 0 saturated carbocycles. The molecule has 0 fully saturated rings. The van der Waals surface area contributed by atoms with Crippen molar-refractivity contribution in [3.8, 4) is 11.1 Å². The number of Topliss-reactive ketones (excluding diaryl/α,β-unsaturated/α-hetero) is 1. The van der Waals surface area contributed by atoms with Gasteiger partial charge in [-0.25, -0.2) is 0 Å². The fourth-order valence-corrected chi connectivity index (χ4v) is 1.71. The zero-order chi connectivity index (χ0) is 10.8. The highest BCUT2D eigenvalue weighted by Crippen LogP contribution is 2.24. The first-order valence-electron chi connectivity index (χ1n) is 4.93. The fraction of sp³-hybridized carbons (Fsp3) is 0.154. The number of rotatable bonds is 2. The van der Waals surface area contributed by atoms with Crippen LogP contribution in [0, 0.1) is 6.92 Å². The van der Waals surface area contributed by atoms with Gasteiger partial charge in [0.1, 0.15) is 0 Å². The Bertz CT molecular complexity index is 497. The molecule has 0 unspecified atom stereocenters. The summed E-state index contributed by atoms with van der Waals surface area (Å²) in [5.41, 5.74) is 4.01. The molecule has 0 bridgehead atoms. The zero-order valence-electron chi connectivity index (χ0n) is 8.87. The van der Waals surface area contributed by atoms with E-state index in [9.17, 15) is 4.79 Å². The number of ketones is 1. The van der Waals surface area contributed by atoms with E-state index >= 15 is 0 Å². The van der Waals surface area contributed by atoms with Crippen LogP contribution in [0.4, 0.5) is 0 Å². The molecule has 2 heteroatoms. The number of aromatic nitrogens is 1. The highest BCUT2D eigenvalue weighted by molar-refractivity contribution is 6.00. The number of hydrogen-bond donors (Lipinski definition) is 1. The zero-order valence-corrected chi connectivity index (χ0v) is 8.87. The Morgan fingerprint density at radius 3 is 2.73 bits per heavy atom. The molecule has 0 aliphatic carbocycles. The molecule has 1 aromatic carbocycles. The summed E-state index contributed by atoms with van der Waals surface area (Å²) in [5, 5.41) is 0. The van der Waals surface area contributed by atoms with E-state index in [1.165, 1.54) is 5.56 Å². The number of benzene rings is 1. The van der Waals surface area contributed by atoms with Gasteiger partial charge in [0.15, 0.2) is 5.78 Å². The molecule has 2 aromatic rings. The molecule has 0 saturated heterocycles. The first-order chi connectivity index (χ1) is 7.18. The van der Waals surface area contributed by atoms with Crippen LogP contribution in [-0.2, 0) is 0 Å². The van der Waals surface area contributed by atoms with E-state index in [0.717, 1.165) is 16.7 Å². The lowest BCUT2D eigenvalue weighted by molar-refractivity contribution is 0.101. The lowest BCUT2D eigenvalue weighted by Crippen LogP contribution is -1.91. The minimum atomic E-state index is 0.0905. The second kappa shape index (κ2) is 3.73. The van der Waals surface area contributed by atoms with E-state index in [1.807, 2.05) is 31.3 Å². The van der Waals surface area contributed by atoms with Gasteiger partial charge in [-0.1, -0.05) is 29.8 Å². The maximum Gasteiger partial charge on any atom is 0.161 e. The van der Waals surface area contributed by atoms with Crippen LogP contribution in [0.2, 0.25) is 0 Å². The quantitative estimate of drug-likeness (QED) is 0.740. The maximum absolute atomic E-state index is 11.4. The summed E-state index contributed by atoms with van der Waals surface area (Å²) < 4.78 is 0. The Hall–Kier alpha value is -1.83. The first kappa shape index (κ1) is 9.71. The van der Waals surface area contributed by atoms with Crippen molar-refractivity contribution in [3.05, 3.63) is 47.8 Å². The molecule has 0 aliphatic heterocycles. The molecule has 2 nitrogen and oxygen atoms in total. The maximum atomic E-state index is 11.4. The van der Waals surface area contributed by atoms with Gasteiger partial charge in [0.2, 0.25) is 0 Å². The molecule has 2 rings (SSSR count). The molecule has 1 heterocycles. The Labute approximate surface area is 89.0 Å². The van der Waals surface area contributed by atoms with Crippen LogP contribution in [0.1, 0.15) is 22.8 Å². The fourth-order valence-electron chi connectivity index (χ4n) is 1.71. The molecular formula is C13H13NO. The van der Waals surface area contributed by atoms with Crippen molar-refractivity contribution >= 4 is 5.78 Å². The first-order valence-corrected chi connectivity index (χ1v) is 4.93. The van der Waals surface area contributed by atoms with Gasteiger partial charge >= 0.3 is 0 Å². The predicted octanol–water partition coefficient (Wildman–Crippen LogP) is 3.19. The summed E-state index contributed by atoms with van der Waals surface area (Å²) in [4.78, 5) is 14.3. The van der Waals surface area contributed by atoms with Crippen molar-refractivity contribution in [1.29, 1.82) is 0 Å². The standard InChI is InChI=1S/C13H13NO/c1-9-4-3-5-11(6-9)13-8-14-7-12(13)10(2)15/h3-8,14H,1-2H3. The van der Waals surface area contributed by atoms with Gasteiger partial charge in [-0.15, -0.1) is 0 Å². The third kappa shape index (κ3) is 1.84. The number of H-pyrrole nitrogens is 1. The van der Waals surface area contributed by atoms with Gasteiger partial charge in [0.25, 0.3) is 0 Å². The summed E-state index contributed by atoms with van der Waals surface area (Å²) in [6, 6.07) is 8.14. The number of carbonyl (C=O) groups is 1. The Morgan fingerprint density at radius 2 is 2.07 bits per heavy atom. The van der Waals surface area contributed by atoms with Crippen LogP contribution >= 0.6 is 0 Å². The smallest absolute Gasteiger partial charge is 0.161 e. The molecule has 0 aliphatic rings. The normalized spacial score (nSPS) is 10.3. The van der Waals surface area contributed by atoms with Gasteiger partial charge in [0.05, 0.1) is 0 Å². The molecule has 0 spiro atoms. The second-order valence-electron chi connectivity index (χ2n) is 3.71. The van der Waals surface area contributed by atoms with Crippen molar-refractivity contribution in [2.24, 2.45) is 0 Å². The van der Waals surface area contributed by atoms with Crippen LogP contribution in [0.15, 0.2) is 36.7 Å². The van der Waals surface area contributed by atoms with Crippen LogP contribution in [-0.4, -0.2) is 10.8 Å². The molecular weight excluding hydrogens is 186 g/mol. The molecule has 0 amide bonds. The number of hydrogen-bond acceptors (Lipinski definition) is 1. The Kier molecular flexibility index (Phi) is 2.42. The van der Waals surface area contributed by atoms with Crippen molar-refractivity contribution in [2.45, 2.75) is 13.8 Å². The van der Waals surface area contributed by atoms with Crippen LogP contribution in [0.3, 0.4) is 0 Å². The summed E-state index contributed by atoms with van der Waals surface area (Å²) in [6.45, 7) is 3.63. The molecule has 0 atom stereocenters. The van der Waals surface area contributed by atoms with Crippen molar-refractivity contribution < 1.29 is 4.79 Å². The third-order valence-corrected chi connectivity index (χ3v) is 2.45.